The number of aryl methyl sites for hydroxylation is 1. The van der Waals surface area contributed by atoms with Crippen LogP contribution in [0.25, 0.3) is 6.08 Å². The first kappa shape index (κ1) is 7.41. The third kappa shape index (κ3) is 1.22. The van der Waals surface area contributed by atoms with E-state index in [1.54, 1.807) is 0 Å². The summed E-state index contributed by atoms with van der Waals surface area (Å²) in [6.45, 7) is 2.87. The molecule has 0 saturated carbocycles. The van der Waals surface area contributed by atoms with E-state index in [-0.39, 0.29) is 0 Å². The van der Waals surface area contributed by atoms with Crippen molar-refractivity contribution in [3.63, 3.8) is 0 Å². The topological polar surface area (TPSA) is 9.23 Å². The van der Waals surface area contributed by atoms with Crippen LogP contribution in [0.1, 0.15) is 18.1 Å². The van der Waals surface area contributed by atoms with E-state index in [9.17, 15) is 0 Å². The van der Waals surface area contributed by atoms with E-state index < -0.39 is 0 Å². The highest BCUT2D eigenvalue weighted by Crippen LogP contribution is 2.24. The molecule has 0 spiro atoms. The number of fused-ring (bicyclic) bond motifs is 1. The molecule has 1 aliphatic heterocycles. The fourth-order valence-electron chi connectivity index (χ4n) is 1.39. The summed E-state index contributed by atoms with van der Waals surface area (Å²) < 4.78 is 5.44. The maximum atomic E-state index is 5.44. The number of rotatable bonds is 1. The summed E-state index contributed by atoms with van der Waals surface area (Å²) in [4.78, 5) is 0. The molecule has 0 unspecified atom stereocenters. The summed E-state index contributed by atoms with van der Waals surface area (Å²) in [6, 6.07) is 6.36. The maximum absolute atomic E-state index is 5.44. The zero-order chi connectivity index (χ0) is 8.39. The third-order valence-corrected chi connectivity index (χ3v) is 2.11. The SMILES string of the molecule is CCc1ccc2c(c1)C=CCO2. The summed E-state index contributed by atoms with van der Waals surface area (Å²) in [5.41, 5.74) is 2.57. The van der Waals surface area contributed by atoms with Crippen molar-refractivity contribution in [2.45, 2.75) is 13.3 Å². The molecule has 2 rings (SSSR count). The summed E-state index contributed by atoms with van der Waals surface area (Å²) in [6.07, 6.45) is 5.25. The van der Waals surface area contributed by atoms with E-state index >= 15 is 0 Å². The zero-order valence-electron chi connectivity index (χ0n) is 7.21. The molecule has 62 valence electrons. The van der Waals surface area contributed by atoms with Gasteiger partial charge in [0.05, 0.1) is 0 Å². The molecule has 0 saturated heterocycles. The fraction of sp³-hybridized carbons (Fsp3) is 0.273. The standard InChI is InChI=1S/C11H12O/c1-2-9-5-6-11-10(8-9)4-3-7-12-11/h3-6,8H,2,7H2,1H3. The van der Waals surface area contributed by atoms with Crippen LogP contribution in [-0.2, 0) is 6.42 Å². The maximum Gasteiger partial charge on any atom is 0.127 e. The highest BCUT2D eigenvalue weighted by molar-refractivity contribution is 5.60. The molecular formula is C11H12O. The highest BCUT2D eigenvalue weighted by atomic mass is 16.5. The second kappa shape index (κ2) is 3.02. The van der Waals surface area contributed by atoms with Crippen LogP contribution in [0, 0.1) is 0 Å². The molecule has 1 heterocycles. The van der Waals surface area contributed by atoms with Crippen molar-refractivity contribution in [1.82, 2.24) is 0 Å². The van der Waals surface area contributed by atoms with Gasteiger partial charge in [-0.2, -0.15) is 0 Å². The molecule has 1 aromatic carbocycles. The van der Waals surface area contributed by atoms with E-state index in [0.717, 1.165) is 12.2 Å². The lowest BCUT2D eigenvalue weighted by atomic mass is 10.1. The van der Waals surface area contributed by atoms with E-state index in [0.29, 0.717) is 6.61 Å². The normalized spacial score (nSPS) is 13.8. The van der Waals surface area contributed by atoms with E-state index in [1.165, 1.54) is 11.1 Å². The lowest BCUT2D eigenvalue weighted by Crippen LogP contribution is -2.00. The van der Waals surface area contributed by atoms with Gasteiger partial charge in [-0.3, -0.25) is 0 Å². The minimum absolute atomic E-state index is 0.707. The Morgan fingerprint density at radius 2 is 2.33 bits per heavy atom. The van der Waals surface area contributed by atoms with E-state index in [2.05, 4.69) is 31.2 Å². The molecule has 0 radical (unpaired) electrons. The Labute approximate surface area is 72.7 Å². The van der Waals surface area contributed by atoms with E-state index in [4.69, 9.17) is 4.74 Å². The highest BCUT2D eigenvalue weighted by Gasteiger charge is 2.04. The smallest absolute Gasteiger partial charge is 0.127 e. The van der Waals surface area contributed by atoms with Crippen molar-refractivity contribution in [3.8, 4) is 5.75 Å². The molecule has 0 amide bonds. The van der Waals surface area contributed by atoms with Gasteiger partial charge >= 0.3 is 0 Å². The molecule has 1 aliphatic rings. The molecule has 1 heteroatoms. The van der Waals surface area contributed by atoms with Gasteiger partial charge in [-0.25, -0.2) is 0 Å². The second-order valence-electron chi connectivity index (χ2n) is 2.94. The van der Waals surface area contributed by atoms with Crippen LogP contribution in [0.4, 0.5) is 0 Å². The van der Waals surface area contributed by atoms with Gasteiger partial charge in [-0.05, 0) is 30.2 Å². The Kier molecular flexibility index (Phi) is 1.86. The molecule has 0 aromatic heterocycles. The number of hydrogen-bond donors (Lipinski definition) is 0. The van der Waals surface area contributed by atoms with Gasteiger partial charge in [0.2, 0.25) is 0 Å². The van der Waals surface area contributed by atoms with Crippen molar-refractivity contribution in [2.24, 2.45) is 0 Å². The molecule has 0 aliphatic carbocycles. The summed E-state index contributed by atoms with van der Waals surface area (Å²) in [7, 11) is 0. The first-order valence-electron chi connectivity index (χ1n) is 4.32. The van der Waals surface area contributed by atoms with Gasteiger partial charge in [-0.1, -0.05) is 19.1 Å². The Morgan fingerprint density at radius 1 is 1.42 bits per heavy atom. The van der Waals surface area contributed by atoms with Gasteiger partial charge in [0.25, 0.3) is 0 Å². The van der Waals surface area contributed by atoms with Crippen LogP contribution in [0.2, 0.25) is 0 Å². The predicted molar refractivity (Wildman–Crippen MR) is 50.3 cm³/mol. The van der Waals surface area contributed by atoms with Crippen LogP contribution < -0.4 is 4.74 Å². The average Bonchev–Trinajstić information content (AvgIpc) is 2.17. The Morgan fingerprint density at radius 3 is 3.17 bits per heavy atom. The van der Waals surface area contributed by atoms with Crippen LogP contribution in [-0.4, -0.2) is 6.61 Å². The van der Waals surface area contributed by atoms with Crippen LogP contribution in [0.3, 0.4) is 0 Å². The average molecular weight is 160 g/mol. The van der Waals surface area contributed by atoms with E-state index in [1.807, 2.05) is 6.08 Å². The minimum atomic E-state index is 0.707. The van der Waals surface area contributed by atoms with Crippen molar-refractivity contribution in [3.05, 3.63) is 35.4 Å². The largest absolute Gasteiger partial charge is 0.489 e. The fourth-order valence-corrected chi connectivity index (χ4v) is 1.39. The number of hydrogen-bond acceptors (Lipinski definition) is 1. The molecule has 12 heavy (non-hydrogen) atoms. The first-order valence-corrected chi connectivity index (χ1v) is 4.32. The first-order chi connectivity index (χ1) is 5.90. The van der Waals surface area contributed by atoms with Gasteiger partial charge < -0.3 is 4.74 Å². The summed E-state index contributed by atoms with van der Waals surface area (Å²) >= 11 is 0. The van der Waals surface area contributed by atoms with Crippen molar-refractivity contribution >= 4 is 6.08 Å². The molecule has 1 nitrogen and oxygen atoms in total. The van der Waals surface area contributed by atoms with Crippen molar-refractivity contribution < 1.29 is 4.74 Å². The predicted octanol–water partition coefficient (Wildman–Crippen LogP) is 2.65. The number of benzene rings is 1. The third-order valence-electron chi connectivity index (χ3n) is 2.11. The molecule has 0 N–H and O–H groups in total. The second-order valence-corrected chi connectivity index (χ2v) is 2.94. The number of ether oxygens (including phenoxy) is 1. The van der Waals surface area contributed by atoms with Crippen molar-refractivity contribution in [1.29, 1.82) is 0 Å². The molecule has 0 bridgehead atoms. The van der Waals surface area contributed by atoms with Crippen LogP contribution in [0.5, 0.6) is 5.75 Å². The molecule has 0 atom stereocenters. The molecular weight excluding hydrogens is 148 g/mol. The Hall–Kier alpha value is -1.24. The zero-order valence-corrected chi connectivity index (χ0v) is 7.21. The quantitative estimate of drug-likeness (QED) is 0.613. The molecule has 1 aromatic rings. The summed E-state index contributed by atoms with van der Waals surface area (Å²) in [5.74, 6) is 1.01. The van der Waals surface area contributed by atoms with Gasteiger partial charge in [0.15, 0.2) is 0 Å². The van der Waals surface area contributed by atoms with Crippen LogP contribution >= 0.6 is 0 Å². The van der Waals surface area contributed by atoms with Crippen molar-refractivity contribution in [2.75, 3.05) is 6.61 Å². The minimum Gasteiger partial charge on any atom is -0.489 e. The lowest BCUT2D eigenvalue weighted by Gasteiger charge is -2.12. The van der Waals surface area contributed by atoms with Crippen LogP contribution in [0.15, 0.2) is 24.3 Å². The summed E-state index contributed by atoms with van der Waals surface area (Å²) in [5, 5.41) is 0. The lowest BCUT2D eigenvalue weighted by molar-refractivity contribution is 0.358. The Bertz CT molecular complexity index is 313. The Balaban J connectivity index is 2.44. The molecule has 0 fully saturated rings. The van der Waals surface area contributed by atoms with Gasteiger partial charge in [0.1, 0.15) is 12.4 Å². The van der Waals surface area contributed by atoms with Gasteiger partial charge in [-0.15, -0.1) is 0 Å². The van der Waals surface area contributed by atoms with Gasteiger partial charge in [0, 0.05) is 5.56 Å². The monoisotopic (exact) mass is 160 g/mol.